The third-order valence-corrected chi connectivity index (χ3v) is 2.83. The molecule has 0 aliphatic carbocycles. The van der Waals surface area contributed by atoms with Crippen LogP contribution in [0.2, 0.25) is 0 Å². The van der Waals surface area contributed by atoms with Gasteiger partial charge in [-0.05, 0) is 19.4 Å². The van der Waals surface area contributed by atoms with E-state index in [4.69, 9.17) is 15.3 Å². The van der Waals surface area contributed by atoms with Crippen molar-refractivity contribution in [1.82, 2.24) is 0 Å². The number of nitrogens with one attached hydrogen (secondary N) is 1. The molecule has 1 unspecified atom stereocenters. The molecular formula is C14H19NO4. The molecule has 5 nitrogen and oxygen atoms in total. The van der Waals surface area contributed by atoms with Crippen LogP contribution >= 0.6 is 0 Å². The first-order chi connectivity index (χ1) is 8.82. The highest BCUT2D eigenvalue weighted by Crippen LogP contribution is 2.19. The van der Waals surface area contributed by atoms with Crippen molar-refractivity contribution in [3.8, 4) is 0 Å². The molecule has 0 bridgehead atoms. The first-order valence-electron chi connectivity index (χ1n) is 5.98. The van der Waals surface area contributed by atoms with Crippen molar-refractivity contribution in [3.63, 3.8) is 0 Å². The largest absolute Gasteiger partial charge is 0.477 e. The second-order valence-corrected chi connectivity index (χ2v) is 4.93. The third-order valence-electron chi connectivity index (χ3n) is 2.83. The highest BCUT2D eigenvalue weighted by Gasteiger charge is 2.34. The molecule has 0 radical (unpaired) electrons. The Kier molecular flexibility index (Phi) is 5.20. The fourth-order valence-electron chi connectivity index (χ4n) is 1.66. The summed E-state index contributed by atoms with van der Waals surface area (Å²) in [6, 6.07) is 9.43. The average Bonchev–Trinajstić information content (AvgIpc) is 2.33. The quantitative estimate of drug-likeness (QED) is 0.654. The van der Waals surface area contributed by atoms with E-state index in [-0.39, 0.29) is 6.61 Å². The number of benzene rings is 1. The summed E-state index contributed by atoms with van der Waals surface area (Å²) >= 11 is 0. The maximum atomic E-state index is 10.8. The molecule has 0 aliphatic heterocycles. The molecule has 3 N–H and O–H groups in total. The van der Waals surface area contributed by atoms with E-state index in [0.29, 0.717) is 6.61 Å². The zero-order valence-corrected chi connectivity index (χ0v) is 11.1. The first kappa shape index (κ1) is 15.3. The Labute approximate surface area is 112 Å². The average molecular weight is 265 g/mol. The van der Waals surface area contributed by atoms with Gasteiger partial charge in [-0.1, -0.05) is 30.3 Å². The first-order valence-corrected chi connectivity index (χ1v) is 5.98. The van der Waals surface area contributed by atoms with Crippen LogP contribution in [0, 0.1) is 11.3 Å². The minimum absolute atomic E-state index is 0.0104. The number of carboxylic acids is 1. The number of aliphatic carboxylic acids is 1. The van der Waals surface area contributed by atoms with Gasteiger partial charge in [0.25, 0.3) is 0 Å². The van der Waals surface area contributed by atoms with E-state index in [0.717, 1.165) is 5.56 Å². The molecule has 1 aromatic carbocycles. The topological polar surface area (TPSA) is 90.6 Å². The second-order valence-electron chi connectivity index (χ2n) is 4.93. The standard InChI is InChI=1S/C14H19NO4/c1-14(2,18)11(12(15)13(16)17)9-19-8-10-6-4-3-5-7-10/h3-7,11,15,18H,8-9H2,1-2H3,(H,16,17). The Bertz CT molecular complexity index is 437. The van der Waals surface area contributed by atoms with Crippen LogP contribution in [-0.2, 0) is 16.1 Å². The minimum Gasteiger partial charge on any atom is -0.477 e. The molecule has 1 atom stereocenters. The number of hydrogen-bond donors (Lipinski definition) is 3. The van der Waals surface area contributed by atoms with Crippen LogP contribution in [0.4, 0.5) is 0 Å². The summed E-state index contributed by atoms with van der Waals surface area (Å²) in [4.78, 5) is 10.8. The van der Waals surface area contributed by atoms with Crippen LogP contribution in [0.1, 0.15) is 19.4 Å². The smallest absolute Gasteiger partial charge is 0.349 e. The van der Waals surface area contributed by atoms with Gasteiger partial charge in [0.2, 0.25) is 0 Å². The van der Waals surface area contributed by atoms with Gasteiger partial charge < -0.3 is 14.9 Å². The Balaban J connectivity index is 2.60. The van der Waals surface area contributed by atoms with Crippen molar-refractivity contribution in [2.45, 2.75) is 26.1 Å². The number of carboxylic acid groups (broad SMARTS) is 1. The molecule has 0 saturated heterocycles. The SMILES string of the molecule is CC(C)(O)C(COCc1ccccc1)C(=N)C(=O)O. The van der Waals surface area contributed by atoms with Crippen molar-refractivity contribution in [2.24, 2.45) is 5.92 Å². The van der Waals surface area contributed by atoms with E-state index in [2.05, 4.69) is 0 Å². The summed E-state index contributed by atoms with van der Waals surface area (Å²) in [5.41, 5.74) is -0.897. The molecule has 19 heavy (non-hydrogen) atoms. The molecule has 0 spiro atoms. The van der Waals surface area contributed by atoms with Gasteiger partial charge in [-0.2, -0.15) is 0 Å². The summed E-state index contributed by atoms with van der Waals surface area (Å²) in [6.45, 7) is 3.26. The van der Waals surface area contributed by atoms with Gasteiger partial charge in [0.05, 0.1) is 24.7 Å². The molecule has 1 rings (SSSR count). The maximum Gasteiger partial charge on any atom is 0.349 e. The lowest BCUT2D eigenvalue weighted by atomic mass is 9.87. The summed E-state index contributed by atoms with van der Waals surface area (Å²) < 4.78 is 5.42. The lowest BCUT2D eigenvalue weighted by molar-refractivity contribution is -0.130. The summed E-state index contributed by atoms with van der Waals surface area (Å²) in [6.07, 6.45) is 0. The minimum atomic E-state index is -1.34. The molecule has 0 fully saturated rings. The van der Waals surface area contributed by atoms with Crippen molar-refractivity contribution in [1.29, 1.82) is 5.41 Å². The van der Waals surface area contributed by atoms with E-state index in [1.165, 1.54) is 13.8 Å². The summed E-state index contributed by atoms with van der Waals surface area (Å²) in [7, 11) is 0. The van der Waals surface area contributed by atoms with Crippen molar-refractivity contribution < 1.29 is 19.7 Å². The number of rotatable bonds is 7. The monoisotopic (exact) mass is 265 g/mol. The third kappa shape index (κ3) is 4.81. The van der Waals surface area contributed by atoms with Gasteiger partial charge in [-0.15, -0.1) is 0 Å². The van der Waals surface area contributed by atoms with Gasteiger partial charge in [-0.3, -0.25) is 5.41 Å². The Morgan fingerprint density at radius 2 is 1.95 bits per heavy atom. The molecule has 5 heteroatoms. The fraction of sp³-hybridized carbons (Fsp3) is 0.429. The molecular weight excluding hydrogens is 246 g/mol. The van der Waals surface area contributed by atoms with E-state index in [9.17, 15) is 9.90 Å². The molecule has 0 saturated carbocycles. The normalized spacial score (nSPS) is 13.0. The van der Waals surface area contributed by atoms with E-state index in [1.807, 2.05) is 30.3 Å². The molecule has 104 valence electrons. The van der Waals surface area contributed by atoms with E-state index < -0.39 is 23.2 Å². The Morgan fingerprint density at radius 3 is 2.42 bits per heavy atom. The molecule has 1 aromatic rings. The van der Waals surface area contributed by atoms with Crippen molar-refractivity contribution in [3.05, 3.63) is 35.9 Å². The Morgan fingerprint density at radius 1 is 1.37 bits per heavy atom. The van der Waals surface area contributed by atoms with E-state index in [1.54, 1.807) is 0 Å². The molecule has 0 aliphatic rings. The van der Waals surface area contributed by atoms with Crippen LogP contribution in [0.15, 0.2) is 30.3 Å². The maximum absolute atomic E-state index is 10.8. The highest BCUT2D eigenvalue weighted by atomic mass is 16.5. The van der Waals surface area contributed by atoms with Gasteiger partial charge >= 0.3 is 5.97 Å². The second kappa shape index (κ2) is 6.45. The molecule has 0 heterocycles. The predicted octanol–water partition coefficient (Wildman–Crippen LogP) is 1.69. The van der Waals surface area contributed by atoms with Gasteiger partial charge in [-0.25, -0.2) is 4.79 Å². The van der Waals surface area contributed by atoms with Crippen LogP contribution in [0.5, 0.6) is 0 Å². The van der Waals surface area contributed by atoms with E-state index >= 15 is 0 Å². The molecule has 0 amide bonds. The van der Waals surface area contributed by atoms with Crippen LogP contribution in [-0.4, -0.2) is 34.1 Å². The number of hydrogen-bond acceptors (Lipinski definition) is 4. The highest BCUT2D eigenvalue weighted by molar-refractivity contribution is 6.35. The zero-order valence-electron chi connectivity index (χ0n) is 11.1. The number of carbonyl (C=O) groups is 1. The van der Waals surface area contributed by atoms with Crippen LogP contribution in [0.25, 0.3) is 0 Å². The predicted molar refractivity (Wildman–Crippen MR) is 71.2 cm³/mol. The zero-order chi connectivity index (χ0) is 14.5. The fourth-order valence-corrected chi connectivity index (χ4v) is 1.66. The lowest BCUT2D eigenvalue weighted by Gasteiger charge is -2.28. The number of aliphatic hydroxyl groups is 1. The van der Waals surface area contributed by atoms with Crippen molar-refractivity contribution in [2.75, 3.05) is 6.61 Å². The number of ether oxygens (including phenoxy) is 1. The van der Waals surface area contributed by atoms with Gasteiger partial charge in [0.15, 0.2) is 0 Å². The van der Waals surface area contributed by atoms with Gasteiger partial charge in [0, 0.05) is 0 Å². The molecule has 0 aromatic heterocycles. The summed E-state index contributed by atoms with van der Waals surface area (Å²) in [5.74, 6) is -2.20. The Hall–Kier alpha value is -1.72. The lowest BCUT2D eigenvalue weighted by Crippen LogP contribution is -2.42. The van der Waals surface area contributed by atoms with Crippen LogP contribution < -0.4 is 0 Å². The van der Waals surface area contributed by atoms with Crippen LogP contribution in [0.3, 0.4) is 0 Å². The van der Waals surface area contributed by atoms with Crippen molar-refractivity contribution >= 4 is 11.7 Å². The van der Waals surface area contributed by atoms with Gasteiger partial charge in [0.1, 0.15) is 5.71 Å². The summed E-state index contributed by atoms with van der Waals surface area (Å²) in [5, 5.41) is 26.3.